The maximum atomic E-state index is 12.0. The Morgan fingerprint density at radius 2 is 2.11 bits per heavy atom. The molecule has 1 aromatic rings. The van der Waals surface area contributed by atoms with Crippen LogP contribution >= 0.6 is 7.75 Å². The van der Waals surface area contributed by atoms with Crippen molar-refractivity contribution in [2.45, 2.75) is 37.5 Å². The van der Waals surface area contributed by atoms with Crippen LogP contribution in [-0.4, -0.2) is 68.7 Å². The smallest absolute Gasteiger partial charge is 0.403 e. The van der Waals surface area contributed by atoms with E-state index in [4.69, 9.17) is 9.26 Å². The Morgan fingerprint density at radius 3 is 2.70 bits per heavy atom. The van der Waals surface area contributed by atoms with Gasteiger partial charge < -0.3 is 24.6 Å². The molecule has 1 fully saturated rings. The number of hydrogen-bond donors (Lipinski definition) is 5. The number of hydrogen-bond acceptors (Lipinski definition) is 9. The molecule has 0 saturated carbocycles. The Kier molecular flexibility index (Phi) is 6.70. The van der Waals surface area contributed by atoms with Crippen LogP contribution in [0.5, 0.6) is 0 Å². The van der Waals surface area contributed by atoms with Crippen molar-refractivity contribution in [3.63, 3.8) is 0 Å². The van der Waals surface area contributed by atoms with Gasteiger partial charge in [0.05, 0.1) is 13.7 Å². The van der Waals surface area contributed by atoms with Gasteiger partial charge in [0.2, 0.25) is 0 Å². The van der Waals surface area contributed by atoms with Gasteiger partial charge in [-0.15, -0.1) is 0 Å². The molecule has 5 N–H and O–H groups in total. The first-order chi connectivity index (χ1) is 12.6. The standard InChI is InChI=1S/C13H20N3O10P/c1-6(12(20)24-2)15-27(22,23)25-5-7-9(18)10(19)11(26-7)16-4-3-8(17)14-13(16)21/h3-4,6-7,9-11,18-19H,5H2,1-2H3,(H,14,17,21)(H2,15,22,23)/t6-,7+,9+,10+,11+/m0/s1. The number of esters is 1. The van der Waals surface area contributed by atoms with Crippen LogP contribution in [0, 0.1) is 0 Å². The third kappa shape index (κ3) is 5.11. The quantitative estimate of drug-likeness (QED) is 0.235. The normalized spacial score (nSPS) is 28.5. The summed E-state index contributed by atoms with van der Waals surface area (Å²) in [6.07, 6.45) is -4.66. The van der Waals surface area contributed by atoms with E-state index in [1.54, 1.807) is 0 Å². The lowest BCUT2D eigenvalue weighted by Crippen LogP contribution is -2.38. The number of carbonyl (C=O) groups excluding carboxylic acids is 1. The van der Waals surface area contributed by atoms with Crippen LogP contribution in [0.25, 0.3) is 0 Å². The molecule has 0 amide bonds. The van der Waals surface area contributed by atoms with E-state index in [0.717, 1.165) is 23.9 Å². The van der Waals surface area contributed by atoms with Crippen LogP contribution < -0.4 is 16.3 Å². The fraction of sp³-hybridized carbons (Fsp3) is 0.615. The highest BCUT2D eigenvalue weighted by atomic mass is 31.2. The molecule has 1 unspecified atom stereocenters. The highest BCUT2D eigenvalue weighted by Gasteiger charge is 2.45. The predicted molar refractivity (Wildman–Crippen MR) is 87.6 cm³/mol. The summed E-state index contributed by atoms with van der Waals surface area (Å²) in [5, 5.41) is 22.1. The van der Waals surface area contributed by atoms with E-state index in [2.05, 4.69) is 4.74 Å². The van der Waals surface area contributed by atoms with Crippen LogP contribution in [0.15, 0.2) is 21.9 Å². The minimum atomic E-state index is -4.46. The van der Waals surface area contributed by atoms with Gasteiger partial charge in [-0.2, -0.15) is 0 Å². The van der Waals surface area contributed by atoms with E-state index in [1.807, 2.05) is 10.1 Å². The highest BCUT2D eigenvalue weighted by molar-refractivity contribution is 7.50. The molecule has 2 rings (SSSR count). The molecule has 1 aliphatic heterocycles. The zero-order valence-electron chi connectivity index (χ0n) is 14.3. The molecule has 0 spiro atoms. The molecule has 2 heterocycles. The Balaban J connectivity index is 2.03. The maximum absolute atomic E-state index is 12.0. The van der Waals surface area contributed by atoms with Crippen molar-refractivity contribution < 1.29 is 38.5 Å². The van der Waals surface area contributed by atoms with E-state index < -0.39 is 62.2 Å². The lowest BCUT2D eigenvalue weighted by Gasteiger charge is -2.20. The topological polar surface area (TPSA) is 189 Å². The van der Waals surface area contributed by atoms with E-state index in [-0.39, 0.29) is 0 Å². The van der Waals surface area contributed by atoms with Crippen molar-refractivity contribution >= 4 is 13.7 Å². The summed E-state index contributed by atoms with van der Waals surface area (Å²) in [5.41, 5.74) is -1.53. The van der Waals surface area contributed by atoms with Crippen molar-refractivity contribution in [3.8, 4) is 0 Å². The molecule has 1 aliphatic rings. The number of carbonyl (C=O) groups is 1. The molecular weight excluding hydrogens is 389 g/mol. The van der Waals surface area contributed by atoms with E-state index in [1.165, 1.54) is 6.92 Å². The van der Waals surface area contributed by atoms with Gasteiger partial charge in [0, 0.05) is 12.3 Å². The molecule has 0 radical (unpaired) electrons. The van der Waals surface area contributed by atoms with Gasteiger partial charge in [-0.05, 0) is 6.92 Å². The number of nitrogens with one attached hydrogen (secondary N) is 2. The Labute approximate surface area is 152 Å². The summed E-state index contributed by atoms with van der Waals surface area (Å²) < 4.78 is 27.3. The van der Waals surface area contributed by atoms with Gasteiger partial charge >= 0.3 is 19.4 Å². The number of nitrogens with zero attached hydrogens (tertiary/aromatic N) is 1. The van der Waals surface area contributed by atoms with E-state index in [9.17, 15) is 34.1 Å². The monoisotopic (exact) mass is 409 g/mol. The van der Waals surface area contributed by atoms with Crippen molar-refractivity contribution in [3.05, 3.63) is 33.1 Å². The van der Waals surface area contributed by atoms with Crippen molar-refractivity contribution in [1.29, 1.82) is 0 Å². The molecule has 1 aromatic heterocycles. The molecule has 27 heavy (non-hydrogen) atoms. The number of aliphatic hydroxyl groups is 2. The van der Waals surface area contributed by atoms with Gasteiger partial charge in [0.15, 0.2) is 6.23 Å². The second-order valence-corrected chi connectivity index (χ2v) is 7.31. The second kappa shape index (κ2) is 8.44. The SMILES string of the molecule is COC(=O)[C@H](C)NP(=O)(O)OC[C@H]1O[C@@H](n2ccc(=O)[nH]c2=O)[C@H](O)[C@@H]1O. The number of methoxy groups -OCH3 is 1. The molecule has 0 aromatic carbocycles. The fourth-order valence-electron chi connectivity index (χ4n) is 2.41. The maximum Gasteiger partial charge on any atom is 0.403 e. The number of aromatic amines is 1. The van der Waals surface area contributed by atoms with Crippen molar-refractivity contribution in [2.75, 3.05) is 13.7 Å². The van der Waals surface area contributed by atoms with E-state index in [0.29, 0.717) is 0 Å². The van der Waals surface area contributed by atoms with Crippen LogP contribution in [0.4, 0.5) is 0 Å². The van der Waals surface area contributed by atoms with Crippen molar-refractivity contribution in [2.24, 2.45) is 0 Å². The highest BCUT2D eigenvalue weighted by Crippen LogP contribution is 2.39. The molecule has 0 bridgehead atoms. The number of aromatic nitrogens is 2. The largest absolute Gasteiger partial charge is 0.468 e. The number of rotatable bonds is 7. The minimum absolute atomic E-state index is 0.637. The zero-order valence-corrected chi connectivity index (χ0v) is 15.2. The fourth-order valence-corrected chi connectivity index (χ4v) is 3.43. The third-order valence-corrected chi connectivity index (χ3v) is 5.00. The Hall–Kier alpha value is -1.86. The Bertz CT molecular complexity index is 838. The summed E-state index contributed by atoms with van der Waals surface area (Å²) in [7, 11) is -3.36. The number of ether oxygens (including phenoxy) is 2. The van der Waals surface area contributed by atoms with Gasteiger partial charge in [-0.1, -0.05) is 0 Å². The average molecular weight is 409 g/mol. The Morgan fingerprint density at radius 1 is 1.44 bits per heavy atom. The van der Waals surface area contributed by atoms with Gasteiger partial charge in [0.1, 0.15) is 24.4 Å². The van der Waals surface area contributed by atoms with Crippen molar-refractivity contribution in [1.82, 2.24) is 14.6 Å². The number of aliphatic hydroxyl groups excluding tert-OH is 2. The van der Waals surface area contributed by atoms with Gasteiger partial charge in [0.25, 0.3) is 5.56 Å². The molecule has 13 nitrogen and oxygen atoms in total. The summed E-state index contributed by atoms with van der Waals surface area (Å²) in [6.45, 7) is 0.642. The summed E-state index contributed by atoms with van der Waals surface area (Å²) in [5.74, 6) is -0.794. The predicted octanol–water partition coefficient (Wildman–Crippen LogP) is -2.58. The summed E-state index contributed by atoms with van der Waals surface area (Å²) in [4.78, 5) is 45.8. The van der Waals surface area contributed by atoms with Crippen LogP contribution in [0.3, 0.4) is 0 Å². The lowest BCUT2D eigenvalue weighted by atomic mass is 10.1. The first-order valence-electron chi connectivity index (χ1n) is 7.71. The van der Waals surface area contributed by atoms with Crippen LogP contribution in [0.1, 0.15) is 13.2 Å². The summed E-state index contributed by atoms with van der Waals surface area (Å²) >= 11 is 0. The zero-order chi connectivity index (χ0) is 20.4. The molecule has 1 saturated heterocycles. The molecular formula is C13H20N3O10P. The minimum Gasteiger partial charge on any atom is -0.468 e. The number of H-pyrrole nitrogens is 1. The first kappa shape index (κ1) is 21.4. The first-order valence-corrected chi connectivity index (χ1v) is 9.29. The molecule has 6 atom stereocenters. The van der Waals surface area contributed by atoms with Crippen LogP contribution in [0.2, 0.25) is 0 Å². The lowest BCUT2D eigenvalue weighted by molar-refractivity contribution is -0.142. The second-order valence-electron chi connectivity index (χ2n) is 5.75. The van der Waals surface area contributed by atoms with Gasteiger partial charge in [-0.25, -0.2) is 14.4 Å². The molecule has 152 valence electrons. The van der Waals surface area contributed by atoms with Crippen LogP contribution in [-0.2, 0) is 23.4 Å². The molecule has 0 aliphatic carbocycles. The van der Waals surface area contributed by atoms with Gasteiger partial charge in [-0.3, -0.25) is 23.7 Å². The van der Waals surface area contributed by atoms with E-state index >= 15 is 0 Å². The summed E-state index contributed by atoms with van der Waals surface area (Å²) in [6, 6.07) is -0.119. The third-order valence-electron chi connectivity index (χ3n) is 3.79. The molecule has 14 heteroatoms. The average Bonchev–Trinajstić information content (AvgIpc) is 2.87.